The predicted octanol–water partition coefficient (Wildman–Crippen LogP) is 4.09. The van der Waals surface area contributed by atoms with Crippen LogP contribution in [0.1, 0.15) is 16.3 Å². The summed E-state index contributed by atoms with van der Waals surface area (Å²) in [6.45, 7) is -1.18. The molecule has 0 bridgehead atoms. The molecule has 196 valence electrons. The van der Waals surface area contributed by atoms with E-state index in [1.807, 2.05) is 0 Å². The van der Waals surface area contributed by atoms with Crippen molar-refractivity contribution in [2.45, 2.75) is 18.0 Å². The lowest BCUT2D eigenvalue weighted by Gasteiger charge is -2.19. The number of nitrogen functional groups attached to an aromatic ring is 1. The highest BCUT2D eigenvalue weighted by atomic mass is 32.1. The van der Waals surface area contributed by atoms with E-state index >= 15 is 0 Å². The lowest BCUT2D eigenvalue weighted by Crippen LogP contribution is -2.35. The average Bonchev–Trinajstić information content (AvgIpc) is 3.41. The third-order valence-corrected chi connectivity index (χ3v) is 5.79. The molecule has 1 aromatic carbocycles. The minimum absolute atomic E-state index is 0.105. The molecule has 0 saturated heterocycles. The highest BCUT2D eigenvalue weighted by molar-refractivity contribution is 7.09. The Labute approximate surface area is 213 Å². The Morgan fingerprint density at radius 3 is 2.55 bits per heavy atom. The van der Waals surface area contributed by atoms with Crippen molar-refractivity contribution in [1.82, 2.24) is 19.9 Å². The van der Waals surface area contributed by atoms with Gasteiger partial charge in [0.15, 0.2) is 11.5 Å². The molecule has 0 unspecified atom stereocenters. The van der Waals surface area contributed by atoms with Crippen LogP contribution in [0.15, 0.2) is 48.2 Å². The molecule has 0 amide bonds. The van der Waals surface area contributed by atoms with Crippen LogP contribution in [0.5, 0.6) is 0 Å². The zero-order valence-electron chi connectivity index (χ0n) is 18.6. The van der Waals surface area contributed by atoms with Gasteiger partial charge in [0.25, 0.3) is 0 Å². The highest BCUT2D eigenvalue weighted by Gasteiger charge is 2.43. The molecule has 38 heavy (non-hydrogen) atoms. The van der Waals surface area contributed by atoms with Gasteiger partial charge in [-0.25, -0.2) is 19.7 Å². The van der Waals surface area contributed by atoms with Crippen LogP contribution in [0.3, 0.4) is 0 Å². The number of benzene rings is 1. The number of thiazole rings is 1. The van der Waals surface area contributed by atoms with Crippen LogP contribution in [0.2, 0.25) is 0 Å². The molecule has 4 rings (SSSR count). The summed E-state index contributed by atoms with van der Waals surface area (Å²) in [7, 11) is 0. The van der Waals surface area contributed by atoms with Crippen molar-refractivity contribution in [1.29, 1.82) is 0 Å². The van der Waals surface area contributed by atoms with Crippen LogP contribution in [0.4, 0.5) is 32.0 Å². The van der Waals surface area contributed by atoms with Gasteiger partial charge in [0.05, 0.1) is 29.0 Å². The van der Waals surface area contributed by atoms with E-state index in [1.165, 1.54) is 35.8 Å². The number of hydrogen-bond donors (Lipinski definition) is 2. The summed E-state index contributed by atoms with van der Waals surface area (Å²) in [6, 6.07) is 5.55. The van der Waals surface area contributed by atoms with Gasteiger partial charge in [-0.15, -0.1) is 11.3 Å². The summed E-state index contributed by atoms with van der Waals surface area (Å²) in [6.07, 6.45) is -6.74. The van der Waals surface area contributed by atoms with Crippen LogP contribution < -0.4 is 5.73 Å². The number of anilines is 1. The quantitative estimate of drug-likeness (QED) is 0.220. The Hall–Kier alpha value is -4.29. The molecule has 15 heteroatoms. The first kappa shape index (κ1) is 26.8. The number of halogens is 6. The minimum Gasteiger partial charge on any atom is -0.454 e. The maximum atomic E-state index is 13.7. The second-order valence-corrected chi connectivity index (χ2v) is 8.51. The van der Waals surface area contributed by atoms with E-state index in [4.69, 9.17) is 5.73 Å². The van der Waals surface area contributed by atoms with Crippen molar-refractivity contribution >= 4 is 33.9 Å². The van der Waals surface area contributed by atoms with Crippen LogP contribution in [0.25, 0.3) is 22.3 Å². The number of rotatable bonds is 4. The van der Waals surface area contributed by atoms with Gasteiger partial charge >= 0.3 is 18.3 Å². The molecule has 1 atom stereocenters. The smallest absolute Gasteiger partial charge is 0.454 e. The van der Waals surface area contributed by atoms with Crippen molar-refractivity contribution in [2.75, 3.05) is 12.3 Å². The summed E-state index contributed by atoms with van der Waals surface area (Å²) in [5.74, 6) is 2.00. The van der Waals surface area contributed by atoms with Gasteiger partial charge in [-0.1, -0.05) is 24.0 Å². The third kappa shape index (κ3) is 5.66. The summed E-state index contributed by atoms with van der Waals surface area (Å²) < 4.78 is 83.0. The predicted molar refractivity (Wildman–Crippen MR) is 122 cm³/mol. The molecule has 8 nitrogen and oxygen atoms in total. The second kappa shape index (κ2) is 9.88. The summed E-state index contributed by atoms with van der Waals surface area (Å²) >= 11 is 0.851. The Kier molecular flexibility index (Phi) is 6.96. The molecular weight excluding hydrogens is 540 g/mol. The number of alkyl halides is 6. The normalized spacial score (nSPS) is 13.4. The van der Waals surface area contributed by atoms with Crippen LogP contribution in [-0.4, -0.2) is 43.8 Å². The maximum absolute atomic E-state index is 13.7. The molecule has 3 aromatic heterocycles. The number of aromatic nitrogens is 4. The number of nitrogens with two attached hydrogens (primary N) is 1. The molecule has 0 aliphatic rings. The lowest BCUT2D eigenvalue weighted by atomic mass is 10.0. The monoisotopic (exact) mass is 553 g/mol. The number of carbonyl (C=O) groups excluding carboxylic acids is 1. The lowest BCUT2D eigenvalue weighted by molar-refractivity contribution is -0.203. The van der Waals surface area contributed by atoms with Gasteiger partial charge < -0.3 is 15.6 Å². The van der Waals surface area contributed by atoms with E-state index < -0.39 is 41.6 Å². The third-order valence-electron chi connectivity index (χ3n) is 4.87. The fraction of sp³-hybridized carbons (Fsp3) is 0.174. The first-order chi connectivity index (χ1) is 17.8. The van der Waals surface area contributed by atoms with Crippen LogP contribution >= 0.6 is 11.3 Å². The zero-order chi connectivity index (χ0) is 27.7. The van der Waals surface area contributed by atoms with E-state index in [1.54, 1.807) is 0 Å². The van der Waals surface area contributed by atoms with Crippen molar-refractivity contribution < 1.29 is 41.0 Å². The first-order valence-electron chi connectivity index (χ1n) is 10.3. The van der Waals surface area contributed by atoms with Gasteiger partial charge in [-0.3, -0.25) is 4.98 Å². The molecule has 4 aromatic rings. The first-order valence-corrected chi connectivity index (χ1v) is 11.1. The Morgan fingerprint density at radius 2 is 1.89 bits per heavy atom. The minimum atomic E-state index is -5.29. The molecule has 0 radical (unpaired) electrons. The number of fused-ring (bicyclic) bond motifs is 1. The summed E-state index contributed by atoms with van der Waals surface area (Å²) in [5.41, 5.74) is 1.83. The number of ether oxygens (including phenoxy) is 1. The molecule has 3 N–H and O–H groups in total. The molecule has 0 aliphatic heterocycles. The van der Waals surface area contributed by atoms with Gasteiger partial charge in [-0.2, -0.15) is 26.3 Å². The Morgan fingerprint density at radius 1 is 1.13 bits per heavy atom. The van der Waals surface area contributed by atoms with E-state index in [0.717, 1.165) is 23.7 Å². The molecular formula is C23H13F6N5O3S. The largest absolute Gasteiger partial charge is 0.490 e. The number of esters is 1. The number of aliphatic hydroxyl groups is 1. The van der Waals surface area contributed by atoms with Crippen LogP contribution in [0, 0.1) is 11.8 Å². The number of hydrogen-bond acceptors (Lipinski definition) is 9. The molecule has 0 fully saturated rings. The van der Waals surface area contributed by atoms with Crippen molar-refractivity contribution in [3.05, 3.63) is 64.5 Å². The summed E-state index contributed by atoms with van der Waals surface area (Å²) in [5, 5.41) is 11.7. The number of carbonyl (C=O) groups is 1. The van der Waals surface area contributed by atoms with Gasteiger partial charge in [0.1, 0.15) is 11.6 Å². The van der Waals surface area contributed by atoms with Gasteiger partial charge in [0, 0.05) is 22.7 Å². The van der Waals surface area contributed by atoms with Gasteiger partial charge in [-0.05, 0) is 12.1 Å². The standard InChI is InChI=1S/C23H13F6N5O3S/c24-22(25,26)17-16-14(30)9-31-10-15(16)33-18(34-17)13-3-1-2-12(8-13)4-5-21(36,19-32-6-7-38-19)11-37-20(35)23(27,28)29/h1-3,6-10,36H,11,30H2/t21-/m1/s1. The van der Waals surface area contributed by atoms with Gasteiger partial charge in [0.2, 0.25) is 5.60 Å². The maximum Gasteiger partial charge on any atom is 0.490 e. The summed E-state index contributed by atoms with van der Waals surface area (Å²) in [4.78, 5) is 26.5. The molecule has 0 aliphatic carbocycles. The molecule has 0 spiro atoms. The Balaban J connectivity index is 1.73. The van der Waals surface area contributed by atoms with E-state index in [-0.39, 0.29) is 33.2 Å². The number of pyridine rings is 1. The average molecular weight is 553 g/mol. The zero-order valence-corrected chi connectivity index (χ0v) is 19.4. The molecule has 3 heterocycles. The SMILES string of the molecule is Nc1cncc2nc(-c3cccc(C#C[C@@](O)(COC(=O)C(F)(F)F)c4nccs4)c3)nc(C(F)(F)F)c12. The van der Waals surface area contributed by atoms with Crippen molar-refractivity contribution in [2.24, 2.45) is 0 Å². The molecule has 0 saturated carbocycles. The highest BCUT2D eigenvalue weighted by Crippen LogP contribution is 2.36. The topological polar surface area (TPSA) is 124 Å². The van der Waals surface area contributed by atoms with E-state index in [2.05, 4.69) is 36.5 Å². The van der Waals surface area contributed by atoms with E-state index in [9.17, 15) is 36.2 Å². The number of nitrogens with zero attached hydrogens (tertiary/aromatic N) is 4. The van der Waals surface area contributed by atoms with E-state index in [0.29, 0.717) is 0 Å². The fourth-order valence-corrected chi connectivity index (χ4v) is 3.86. The van der Waals surface area contributed by atoms with Crippen LogP contribution in [-0.2, 0) is 21.3 Å². The van der Waals surface area contributed by atoms with Crippen molar-refractivity contribution in [3.8, 4) is 23.2 Å². The second-order valence-electron chi connectivity index (χ2n) is 7.62. The Bertz CT molecular complexity index is 1560. The van der Waals surface area contributed by atoms with Crippen molar-refractivity contribution in [3.63, 3.8) is 0 Å². The fourth-order valence-electron chi connectivity index (χ4n) is 3.19.